The smallest absolute Gasteiger partial charge is 0.246 e. The molecule has 2 aromatic rings. The maximum absolute atomic E-state index is 13.0. The molecule has 2 aromatic carbocycles. The van der Waals surface area contributed by atoms with Gasteiger partial charge in [0.1, 0.15) is 10.6 Å². The van der Waals surface area contributed by atoms with Gasteiger partial charge in [-0.15, -0.1) is 0 Å². The molecule has 0 radical (unpaired) electrons. The summed E-state index contributed by atoms with van der Waals surface area (Å²) in [7, 11) is -2.34. The molecule has 0 spiro atoms. The maximum Gasteiger partial charge on any atom is 0.246 e. The van der Waals surface area contributed by atoms with Crippen LogP contribution in [0.3, 0.4) is 0 Å². The quantitative estimate of drug-likeness (QED) is 0.687. The first-order valence-corrected chi connectivity index (χ1v) is 11.3. The van der Waals surface area contributed by atoms with Gasteiger partial charge in [0.05, 0.1) is 7.11 Å². The second kappa shape index (κ2) is 8.82. The lowest BCUT2D eigenvalue weighted by molar-refractivity contribution is -0.120. The third-order valence-corrected chi connectivity index (χ3v) is 7.36. The van der Waals surface area contributed by atoms with Gasteiger partial charge in [0.2, 0.25) is 15.9 Å². The molecule has 1 fully saturated rings. The fourth-order valence-corrected chi connectivity index (χ4v) is 5.28. The molecule has 3 rings (SSSR count). The number of hydrogen-bond acceptors (Lipinski definition) is 4. The zero-order chi connectivity index (χ0) is 20.3. The first-order valence-electron chi connectivity index (χ1n) is 8.71. The van der Waals surface area contributed by atoms with Crippen LogP contribution in [0, 0.1) is 5.92 Å². The van der Waals surface area contributed by atoms with Gasteiger partial charge in [-0.05, 0) is 55.3 Å². The maximum atomic E-state index is 13.0. The van der Waals surface area contributed by atoms with Crippen molar-refractivity contribution >= 4 is 49.1 Å². The van der Waals surface area contributed by atoms with E-state index in [9.17, 15) is 13.2 Å². The highest BCUT2D eigenvalue weighted by Gasteiger charge is 2.33. The lowest BCUT2D eigenvalue weighted by Gasteiger charge is -2.31. The number of benzene rings is 2. The number of methoxy groups -OCH3 is 1. The average molecular weight is 488 g/mol. The van der Waals surface area contributed by atoms with Gasteiger partial charge in [-0.1, -0.05) is 27.5 Å². The zero-order valence-electron chi connectivity index (χ0n) is 15.2. The first-order chi connectivity index (χ1) is 13.3. The van der Waals surface area contributed by atoms with Crippen LogP contribution in [0.5, 0.6) is 5.75 Å². The molecule has 28 heavy (non-hydrogen) atoms. The van der Waals surface area contributed by atoms with Crippen molar-refractivity contribution in [3.63, 3.8) is 0 Å². The topological polar surface area (TPSA) is 75.7 Å². The molecule has 0 saturated carbocycles. The molecule has 1 N–H and O–H groups in total. The third kappa shape index (κ3) is 4.68. The zero-order valence-corrected chi connectivity index (χ0v) is 18.4. The van der Waals surface area contributed by atoms with Gasteiger partial charge >= 0.3 is 0 Å². The number of nitrogens with one attached hydrogen (secondary N) is 1. The molecule has 0 aliphatic carbocycles. The van der Waals surface area contributed by atoms with Gasteiger partial charge in [-0.25, -0.2) is 8.42 Å². The number of amides is 1. The lowest BCUT2D eigenvalue weighted by Crippen LogP contribution is -2.41. The van der Waals surface area contributed by atoms with Crippen LogP contribution in [0.2, 0.25) is 5.02 Å². The van der Waals surface area contributed by atoms with E-state index in [0.717, 1.165) is 4.47 Å². The number of halogens is 2. The predicted molar refractivity (Wildman–Crippen MR) is 112 cm³/mol. The fraction of sp³-hybridized carbons (Fsp3) is 0.316. The monoisotopic (exact) mass is 486 g/mol. The van der Waals surface area contributed by atoms with E-state index >= 15 is 0 Å². The molecule has 6 nitrogen and oxygen atoms in total. The summed E-state index contributed by atoms with van der Waals surface area (Å²) in [6.45, 7) is 0.521. The van der Waals surface area contributed by atoms with E-state index in [1.54, 1.807) is 6.07 Å². The SMILES string of the molecule is COc1ccc(Cl)cc1S(=O)(=O)N1CCC(C(=O)Nc2ccc(Br)cc2)CC1. The summed E-state index contributed by atoms with van der Waals surface area (Å²) in [4.78, 5) is 12.5. The Morgan fingerprint density at radius 2 is 1.82 bits per heavy atom. The van der Waals surface area contributed by atoms with Crippen LogP contribution in [0.15, 0.2) is 51.8 Å². The molecule has 0 atom stereocenters. The van der Waals surface area contributed by atoms with E-state index in [4.69, 9.17) is 16.3 Å². The minimum atomic E-state index is -3.75. The summed E-state index contributed by atoms with van der Waals surface area (Å²) in [5, 5.41) is 3.21. The minimum Gasteiger partial charge on any atom is -0.495 e. The number of carbonyl (C=O) groups excluding carboxylic acids is 1. The standard InChI is InChI=1S/C19H20BrClN2O4S/c1-27-17-7-4-15(21)12-18(17)28(25,26)23-10-8-13(9-11-23)19(24)22-16-5-2-14(20)3-6-16/h2-7,12-13H,8-11H2,1H3,(H,22,24). The number of sulfonamides is 1. The van der Waals surface area contributed by atoms with Gasteiger partial charge in [0.15, 0.2) is 0 Å². The second-order valence-electron chi connectivity index (χ2n) is 6.47. The molecule has 0 unspecified atom stereocenters. The largest absolute Gasteiger partial charge is 0.495 e. The van der Waals surface area contributed by atoms with Crippen LogP contribution < -0.4 is 10.1 Å². The van der Waals surface area contributed by atoms with Crippen LogP contribution in [-0.4, -0.2) is 38.8 Å². The Morgan fingerprint density at radius 1 is 1.18 bits per heavy atom. The molecule has 0 bridgehead atoms. The van der Waals surface area contributed by atoms with Crippen LogP contribution in [0.1, 0.15) is 12.8 Å². The van der Waals surface area contributed by atoms with Gasteiger partial charge < -0.3 is 10.1 Å². The second-order valence-corrected chi connectivity index (χ2v) is 9.73. The van der Waals surface area contributed by atoms with E-state index in [2.05, 4.69) is 21.2 Å². The van der Waals surface area contributed by atoms with Crippen molar-refractivity contribution in [3.8, 4) is 5.75 Å². The molecule has 1 heterocycles. The van der Waals surface area contributed by atoms with Crippen molar-refractivity contribution in [2.45, 2.75) is 17.7 Å². The van der Waals surface area contributed by atoms with Crippen LogP contribution in [-0.2, 0) is 14.8 Å². The summed E-state index contributed by atoms with van der Waals surface area (Å²) in [5.74, 6) is -0.0874. The summed E-state index contributed by atoms with van der Waals surface area (Å²) in [6.07, 6.45) is 0.898. The number of carbonyl (C=O) groups is 1. The van der Waals surface area contributed by atoms with Crippen molar-refractivity contribution < 1.29 is 17.9 Å². The molecule has 1 aliphatic heterocycles. The average Bonchev–Trinajstić information content (AvgIpc) is 2.69. The summed E-state index contributed by atoms with van der Waals surface area (Å²) in [5.41, 5.74) is 0.715. The highest BCUT2D eigenvalue weighted by atomic mass is 79.9. The Kier molecular flexibility index (Phi) is 6.65. The van der Waals surface area contributed by atoms with E-state index in [0.29, 0.717) is 23.6 Å². The van der Waals surface area contributed by atoms with E-state index in [1.807, 2.05) is 24.3 Å². The van der Waals surface area contributed by atoms with Crippen molar-refractivity contribution in [2.24, 2.45) is 5.92 Å². The Morgan fingerprint density at radius 3 is 2.43 bits per heavy atom. The number of piperidine rings is 1. The number of anilines is 1. The Bertz CT molecular complexity index is 958. The molecule has 1 aliphatic rings. The molecule has 150 valence electrons. The third-order valence-electron chi connectivity index (χ3n) is 4.68. The van der Waals surface area contributed by atoms with Gasteiger partial charge in [0.25, 0.3) is 0 Å². The number of ether oxygens (including phenoxy) is 1. The minimum absolute atomic E-state index is 0.0419. The van der Waals surface area contributed by atoms with E-state index in [1.165, 1.54) is 23.5 Å². The highest BCUT2D eigenvalue weighted by molar-refractivity contribution is 9.10. The van der Waals surface area contributed by atoms with Crippen molar-refractivity contribution in [2.75, 3.05) is 25.5 Å². The molecular formula is C19H20BrClN2O4S. The lowest BCUT2D eigenvalue weighted by atomic mass is 9.97. The van der Waals surface area contributed by atoms with Crippen LogP contribution >= 0.6 is 27.5 Å². The molecule has 1 saturated heterocycles. The highest BCUT2D eigenvalue weighted by Crippen LogP contribution is 2.32. The Balaban J connectivity index is 1.67. The van der Waals surface area contributed by atoms with Crippen molar-refractivity contribution in [1.29, 1.82) is 0 Å². The van der Waals surface area contributed by atoms with Gasteiger partial charge in [-0.3, -0.25) is 4.79 Å². The van der Waals surface area contributed by atoms with Gasteiger partial charge in [0, 0.05) is 34.2 Å². The van der Waals surface area contributed by atoms with Gasteiger partial charge in [-0.2, -0.15) is 4.31 Å². The molecule has 0 aromatic heterocycles. The van der Waals surface area contributed by atoms with Crippen molar-refractivity contribution in [3.05, 3.63) is 52.0 Å². The summed E-state index contributed by atoms with van der Waals surface area (Å²) < 4.78 is 33.5. The van der Waals surface area contributed by atoms with E-state index in [-0.39, 0.29) is 35.6 Å². The molecular weight excluding hydrogens is 468 g/mol. The first kappa shape index (κ1) is 21.1. The fourth-order valence-electron chi connectivity index (χ4n) is 3.13. The predicted octanol–water partition coefficient (Wildman–Crippen LogP) is 4.15. The normalized spacial score (nSPS) is 16.0. The number of rotatable bonds is 5. The molecule has 1 amide bonds. The van der Waals surface area contributed by atoms with Crippen LogP contribution in [0.25, 0.3) is 0 Å². The summed E-state index contributed by atoms with van der Waals surface area (Å²) >= 11 is 9.33. The van der Waals surface area contributed by atoms with Crippen molar-refractivity contribution in [1.82, 2.24) is 4.31 Å². The summed E-state index contributed by atoms with van der Waals surface area (Å²) in [6, 6.07) is 11.8. The van der Waals surface area contributed by atoms with E-state index < -0.39 is 10.0 Å². The number of hydrogen-bond donors (Lipinski definition) is 1. The number of nitrogens with zero attached hydrogens (tertiary/aromatic N) is 1. The molecule has 9 heteroatoms. The Hall–Kier alpha value is -1.61. The Labute approximate surface area is 178 Å². The van der Waals surface area contributed by atoms with Crippen LogP contribution in [0.4, 0.5) is 5.69 Å².